The Morgan fingerprint density at radius 2 is 1.92 bits per heavy atom. The van der Waals surface area contributed by atoms with Gasteiger partial charge in [-0.25, -0.2) is 9.68 Å². The van der Waals surface area contributed by atoms with Crippen LogP contribution in [0.5, 0.6) is 0 Å². The molecule has 0 amide bonds. The first-order valence-corrected chi connectivity index (χ1v) is 3.03. The van der Waals surface area contributed by atoms with Gasteiger partial charge in [-0.05, 0) is 0 Å². The molecule has 0 saturated carbocycles. The second-order valence-electron chi connectivity index (χ2n) is 1.51. The van der Waals surface area contributed by atoms with Gasteiger partial charge < -0.3 is 5.11 Å². The van der Waals surface area contributed by atoms with Crippen LogP contribution >= 0.6 is 0 Å². The molecule has 0 aromatic heterocycles. The van der Waals surface area contributed by atoms with Gasteiger partial charge in [-0.2, -0.15) is 0 Å². The quantitative estimate of drug-likeness (QED) is 0.375. The first kappa shape index (κ1) is 13.0. The van der Waals surface area contributed by atoms with Gasteiger partial charge in [0.1, 0.15) is 0 Å². The fraction of sp³-hybridized carbons (Fsp3) is 0.500. The molecule has 0 saturated heterocycles. The average molecular weight is 178 g/mol. The van der Waals surface area contributed by atoms with Gasteiger partial charge in [0, 0.05) is 13.3 Å². The van der Waals surface area contributed by atoms with E-state index in [4.69, 9.17) is 5.11 Å². The molecule has 0 aromatic rings. The van der Waals surface area contributed by atoms with E-state index in [0.29, 0.717) is 0 Å². The maximum Gasteiger partial charge on any atom is 0.352 e. The van der Waals surface area contributed by atoms with Crippen molar-refractivity contribution in [1.29, 1.82) is 0 Å². The van der Waals surface area contributed by atoms with E-state index in [1.807, 2.05) is 0 Å². The molecule has 0 rings (SSSR count). The molecule has 0 fully saturated rings. The van der Waals surface area contributed by atoms with Crippen molar-refractivity contribution in [2.45, 2.75) is 20.3 Å². The summed E-state index contributed by atoms with van der Waals surface area (Å²) in [6.45, 7) is 2.76. The average Bonchev–Trinajstić information content (AvgIpc) is 2.02. The lowest BCUT2D eigenvalue weighted by molar-refractivity contribution is -0.246. The third-order valence-electron chi connectivity index (χ3n) is 0.507. The van der Waals surface area contributed by atoms with Gasteiger partial charge in [-0.3, -0.25) is 14.5 Å². The van der Waals surface area contributed by atoms with Gasteiger partial charge in [0.15, 0.2) is 0 Å². The number of carbonyl (C=O) groups is 3. The van der Waals surface area contributed by atoms with E-state index in [9.17, 15) is 14.4 Å². The molecule has 0 aliphatic carbocycles. The molecular formula is C6H10O6. The molecule has 0 aromatic carbocycles. The van der Waals surface area contributed by atoms with Crippen molar-refractivity contribution in [3.05, 3.63) is 0 Å². The molecule has 0 radical (unpaired) electrons. The second kappa shape index (κ2) is 9.41. The van der Waals surface area contributed by atoms with E-state index in [-0.39, 0.29) is 12.9 Å². The maximum absolute atomic E-state index is 9.70. The zero-order valence-corrected chi connectivity index (χ0v) is 6.77. The van der Waals surface area contributed by atoms with Crippen LogP contribution in [-0.4, -0.2) is 23.5 Å². The third-order valence-corrected chi connectivity index (χ3v) is 0.507. The van der Waals surface area contributed by atoms with Crippen LogP contribution in [0.3, 0.4) is 0 Å². The lowest BCUT2D eigenvalue weighted by Gasteiger charge is -1.87. The molecule has 12 heavy (non-hydrogen) atoms. The van der Waals surface area contributed by atoms with Crippen molar-refractivity contribution in [2.24, 2.45) is 0 Å². The van der Waals surface area contributed by atoms with Crippen molar-refractivity contribution >= 4 is 18.4 Å². The Labute approximate surface area is 69.0 Å². The fourth-order valence-electron chi connectivity index (χ4n) is 0.0874. The summed E-state index contributed by atoms with van der Waals surface area (Å²) in [5, 5.41) is 7.72. The van der Waals surface area contributed by atoms with Crippen molar-refractivity contribution in [3.63, 3.8) is 0 Å². The number of hydrogen-bond donors (Lipinski definition) is 1. The molecule has 0 aliphatic rings. The van der Waals surface area contributed by atoms with E-state index in [1.165, 1.54) is 0 Å². The van der Waals surface area contributed by atoms with Crippen LogP contribution in [0.2, 0.25) is 0 Å². The summed E-state index contributed by atoms with van der Waals surface area (Å²) in [7, 11) is 0. The Morgan fingerprint density at radius 1 is 1.50 bits per heavy atom. The number of carboxylic acid groups (broad SMARTS) is 1. The number of carbonyl (C=O) groups excluding carboxylic acids is 2. The molecule has 1 N–H and O–H groups in total. The number of rotatable bonds is 3. The largest absolute Gasteiger partial charge is 0.481 e. The van der Waals surface area contributed by atoms with E-state index >= 15 is 0 Å². The molecule has 70 valence electrons. The molecule has 0 heterocycles. The molecular weight excluding hydrogens is 168 g/mol. The van der Waals surface area contributed by atoms with Crippen molar-refractivity contribution in [2.75, 3.05) is 0 Å². The Kier molecular flexibility index (Phi) is 10.2. The first-order chi connectivity index (χ1) is 5.54. The van der Waals surface area contributed by atoms with Crippen LogP contribution < -0.4 is 0 Å². The molecule has 0 unspecified atom stereocenters. The molecule has 6 nitrogen and oxygen atoms in total. The summed E-state index contributed by atoms with van der Waals surface area (Å²) < 4.78 is 0. The third kappa shape index (κ3) is 23.7. The highest BCUT2D eigenvalue weighted by molar-refractivity contribution is 5.66. The van der Waals surface area contributed by atoms with E-state index < -0.39 is 11.9 Å². The predicted molar refractivity (Wildman–Crippen MR) is 36.8 cm³/mol. The van der Waals surface area contributed by atoms with Gasteiger partial charge in [0.25, 0.3) is 0 Å². The summed E-state index contributed by atoms with van der Waals surface area (Å²) in [6.07, 6.45) is 0.222. The molecule has 0 atom stereocenters. The van der Waals surface area contributed by atoms with Crippen LogP contribution in [0.1, 0.15) is 20.3 Å². The SMILES string of the molecule is CC(=O)OOC=O.CCC(=O)O. The Hall–Kier alpha value is -1.59. The lowest BCUT2D eigenvalue weighted by atomic mass is 10.5. The summed E-state index contributed by atoms with van der Waals surface area (Å²) in [6, 6.07) is 0. The Morgan fingerprint density at radius 3 is 2.00 bits per heavy atom. The Balaban J connectivity index is 0. The van der Waals surface area contributed by atoms with Crippen LogP contribution in [0, 0.1) is 0 Å². The minimum absolute atomic E-state index is 0.0292. The fourth-order valence-corrected chi connectivity index (χ4v) is 0.0874. The monoisotopic (exact) mass is 178 g/mol. The number of hydrogen-bond acceptors (Lipinski definition) is 5. The summed E-state index contributed by atoms with van der Waals surface area (Å²) in [4.78, 5) is 35.5. The molecule has 0 bridgehead atoms. The first-order valence-electron chi connectivity index (χ1n) is 3.03. The molecule has 0 spiro atoms. The van der Waals surface area contributed by atoms with E-state index in [1.54, 1.807) is 6.92 Å². The minimum atomic E-state index is -0.745. The normalized spacial score (nSPS) is 7.17. The van der Waals surface area contributed by atoms with E-state index in [0.717, 1.165) is 6.92 Å². The molecule has 0 aliphatic heterocycles. The topological polar surface area (TPSA) is 89.9 Å². The lowest BCUT2D eigenvalue weighted by Crippen LogP contribution is -1.97. The standard InChI is InChI=1S/C3H4O4.C3H6O2/c1-3(5)7-6-2-4;1-2-3(4)5/h2H,1H3;2H2,1H3,(H,4,5). The smallest absolute Gasteiger partial charge is 0.352 e. The van der Waals surface area contributed by atoms with Gasteiger partial charge in [0.2, 0.25) is 0 Å². The minimum Gasteiger partial charge on any atom is -0.481 e. The van der Waals surface area contributed by atoms with Gasteiger partial charge in [0.05, 0.1) is 0 Å². The highest BCUT2D eigenvalue weighted by Gasteiger charge is 1.87. The van der Waals surface area contributed by atoms with Gasteiger partial charge in [-0.15, -0.1) is 0 Å². The zero-order chi connectivity index (χ0) is 9.98. The summed E-state index contributed by atoms with van der Waals surface area (Å²) in [5.41, 5.74) is 0. The predicted octanol–water partition coefficient (Wildman–Crippen LogP) is 0.118. The second-order valence-corrected chi connectivity index (χ2v) is 1.51. The van der Waals surface area contributed by atoms with E-state index in [2.05, 4.69) is 9.78 Å². The van der Waals surface area contributed by atoms with Crippen molar-refractivity contribution < 1.29 is 29.3 Å². The van der Waals surface area contributed by atoms with Crippen molar-refractivity contribution in [3.8, 4) is 0 Å². The maximum atomic E-state index is 9.70. The van der Waals surface area contributed by atoms with Gasteiger partial charge >= 0.3 is 18.4 Å². The van der Waals surface area contributed by atoms with Crippen molar-refractivity contribution in [1.82, 2.24) is 0 Å². The number of aliphatic carboxylic acids is 1. The van der Waals surface area contributed by atoms with Gasteiger partial charge in [-0.1, -0.05) is 6.92 Å². The molecule has 6 heteroatoms. The summed E-state index contributed by atoms with van der Waals surface area (Å²) >= 11 is 0. The van der Waals surface area contributed by atoms with Crippen LogP contribution in [0.4, 0.5) is 0 Å². The highest BCUT2D eigenvalue weighted by Crippen LogP contribution is 1.71. The van der Waals surface area contributed by atoms with Crippen LogP contribution in [-0.2, 0) is 24.2 Å². The van der Waals surface area contributed by atoms with Crippen LogP contribution in [0.25, 0.3) is 0 Å². The summed E-state index contributed by atoms with van der Waals surface area (Å²) in [5.74, 6) is -1.39. The van der Waals surface area contributed by atoms with Crippen LogP contribution in [0.15, 0.2) is 0 Å². The number of carboxylic acids is 1. The zero-order valence-electron chi connectivity index (χ0n) is 6.77. The Bertz CT molecular complexity index is 152. The highest BCUT2D eigenvalue weighted by atomic mass is 17.2.